The second kappa shape index (κ2) is 16.0. The molecule has 0 bridgehead atoms. The Bertz CT molecular complexity index is 1210. The van der Waals surface area contributed by atoms with E-state index in [-0.39, 0.29) is 17.4 Å². The van der Waals surface area contributed by atoms with Gasteiger partial charge in [-0.3, -0.25) is 0 Å². The molecule has 0 radical (unpaired) electrons. The number of hydrogen-bond donors (Lipinski definition) is 3. The lowest BCUT2D eigenvalue weighted by Gasteiger charge is -2.35. The number of carbonyl (C=O) groups excluding carboxylic acids is 2. The van der Waals surface area contributed by atoms with Crippen LogP contribution < -0.4 is 14.2 Å². The molecule has 0 fully saturated rings. The summed E-state index contributed by atoms with van der Waals surface area (Å²) >= 11 is 0. The fraction of sp³-hybridized carbons (Fsp3) is 0.394. The first kappa shape index (κ1) is 34.4. The molecular formula is C33H43NO8. The molecule has 0 spiro atoms. The molecule has 0 amide bonds. The molecule has 0 unspecified atom stereocenters. The van der Waals surface area contributed by atoms with Crippen LogP contribution in [0.1, 0.15) is 37.0 Å². The van der Waals surface area contributed by atoms with E-state index in [1.807, 2.05) is 59.1 Å². The molecule has 4 atom stereocenters. The Morgan fingerprint density at radius 1 is 0.810 bits per heavy atom. The summed E-state index contributed by atoms with van der Waals surface area (Å²) in [6.45, 7) is 8.69. The molecule has 0 aliphatic rings. The maximum atomic E-state index is 11.8. The number of benzene rings is 3. The lowest BCUT2D eigenvalue weighted by atomic mass is 9.80. The third kappa shape index (κ3) is 9.95. The molecule has 42 heavy (non-hydrogen) atoms. The zero-order valence-corrected chi connectivity index (χ0v) is 25.4. The maximum Gasteiger partial charge on any atom is 0.343 e. The maximum absolute atomic E-state index is 11.8. The Kier molecular flexibility index (Phi) is 13.1. The minimum Gasteiger partial charge on any atom is -0.497 e. The second-order valence-corrected chi connectivity index (χ2v) is 10.5. The topological polar surface area (TPSA) is 126 Å². The largest absolute Gasteiger partial charge is 0.497 e. The molecule has 9 nitrogen and oxygen atoms in total. The van der Waals surface area contributed by atoms with Crippen LogP contribution in [0.2, 0.25) is 0 Å². The van der Waals surface area contributed by atoms with Crippen LogP contribution in [-0.2, 0) is 15.2 Å². The monoisotopic (exact) mass is 581 g/mol. The molecule has 0 aliphatic heterocycles. The van der Waals surface area contributed by atoms with Crippen molar-refractivity contribution in [3.8, 4) is 17.2 Å². The Morgan fingerprint density at radius 3 is 1.64 bits per heavy atom. The van der Waals surface area contributed by atoms with E-state index in [1.165, 1.54) is 24.3 Å². The van der Waals surface area contributed by atoms with Crippen molar-refractivity contribution in [3.05, 3.63) is 89.5 Å². The van der Waals surface area contributed by atoms with Crippen molar-refractivity contribution in [1.82, 2.24) is 4.90 Å². The number of hydrogen-bond acceptors (Lipinski definition) is 9. The van der Waals surface area contributed by atoms with Crippen molar-refractivity contribution in [3.63, 3.8) is 0 Å². The van der Waals surface area contributed by atoms with Gasteiger partial charge in [0.25, 0.3) is 0 Å². The third-order valence-corrected chi connectivity index (χ3v) is 6.82. The van der Waals surface area contributed by atoms with E-state index in [1.54, 1.807) is 31.4 Å². The fourth-order valence-electron chi connectivity index (χ4n) is 4.25. The van der Waals surface area contributed by atoms with E-state index in [9.17, 15) is 24.9 Å². The molecule has 3 aromatic rings. The summed E-state index contributed by atoms with van der Waals surface area (Å²) in [5.74, 6) is -0.951. The number of carbonyl (C=O) groups is 2. The van der Waals surface area contributed by atoms with Gasteiger partial charge in [0.2, 0.25) is 0 Å². The zero-order chi connectivity index (χ0) is 31.4. The first-order valence-electron chi connectivity index (χ1n) is 13.7. The predicted octanol–water partition coefficient (Wildman–Crippen LogP) is 4.03. The van der Waals surface area contributed by atoms with Crippen LogP contribution in [0.25, 0.3) is 0 Å². The minimum absolute atomic E-state index is 0.157. The van der Waals surface area contributed by atoms with Gasteiger partial charge in [-0.2, -0.15) is 0 Å². The van der Waals surface area contributed by atoms with Crippen LogP contribution >= 0.6 is 0 Å². The normalized spacial score (nSPS) is 14.5. The molecule has 3 aromatic carbocycles. The van der Waals surface area contributed by atoms with Crippen molar-refractivity contribution >= 4 is 11.9 Å². The molecule has 0 heterocycles. The molecular weight excluding hydrogens is 538 g/mol. The molecule has 3 N–H and O–H groups in total. The number of rotatable bonds is 11. The van der Waals surface area contributed by atoms with Crippen molar-refractivity contribution < 1.29 is 39.1 Å². The number of methoxy groups -OCH3 is 1. The smallest absolute Gasteiger partial charge is 0.343 e. The third-order valence-electron chi connectivity index (χ3n) is 6.82. The summed E-state index contributed by atoms with van der Waals surface area (Å²) in [4.78, 5) is 25.7. The molecule has 0 aromatic heterocycles. The van der Waals surface area contributed by atoms with Crippen LogP contribution in [0.4, 0.5) is 0 Å². The average molecular weight is 582 g/mol. The van der Waals surface area contributed by atoms with Crippen molar-refractivity contribution in [2.45, 2.75) is 51.9 Å². The second-order valence-electron chi connectivity index (χ2n) is 10.5. The van der Waals surface area contributed by atoms with Gasteiger partial charge in [-0.25, -0.2) is 9.59 Å². The van der Waals surface area contributed by atoms with Gasteiger partial charge in [-0.05, 0) is 76.3 Å². The first-order chi connectivity index (χ1) is 19.8. The highest BCUT2D eigenvalue weighted by atomic mass is 16.6. The highest BCUT2D eigenvalue weighted by Gasteiger charge is 2.35. The van der Waals surface area contributed by atoms with Crippen molar-refractivity contribution in [2.75, 3.05) is 27.7 Å². The van der Waals surface area contributed by atoms with Gasteiger partial charge < -0.3 is 34.4 Å². The zero-order valence-electron chi connectivity index (χ0n) is 25.4. The van der Waals surface area contributed by atoms with E-state index in [2.05, 4.69) is 11.8 Å². The predicted molar refractivity (Wildman–Crippen MR) is 161 cm³/mol. The van der Waals surface area contributed by atoms with E-state index in [0.29, 0.717) is 6.42 Å². The van der Waals surface area contributed by atoms with Crippen LogP contribution in [0.3, 0.4) is 0 Å². The number of nitrogens with zero attached hydrogens (tertiary/aromatic N) is 1. The summed E-state index contributed by atoms with van der Waals surface area (Å²) in [5, 5.41) is 30.5. The Hall–Kier alpha value is -3.76. The van der Waals surface area contributed by atoms with Gasteiger partial charge in [-0.15, -0.1) is 0 Å². The molecule has 0 aliphatic carbocycles. The highest BCUT2D eigenvalue weighted by Crippen LogP contribution is 2.35. The number of ether oxygens (including phenoxy) is 3. The molecule has 9 heteroatoms. The number of esters is 2. The fourth-order valence-corrected chi connectivity index (χ4v) is 4.25. The number of aryl methyl sites for hydroxylation is 2. The van der Waals surface area contributed by atoms with Crippen LogP contribution in [-0.4, -0.2) is 72.1 Å². The quantitative estimate of drug-likeness (QED) is 0.227. The highest BCUT2D eigenvalue weighted by molar-refractivity contribution is 5.87. The molecule has 228 valence electrons. The van der Waals surface area contributed by atoms with Crippen molar-refractivity contribution in [1.29, 1.82) is 0 Å². The lowest BCUT2D eigenvalue weighted by molar-refractivity contribution is -0.162. The summed E-state index contributed by atoms with van der Waals surface area (Å²) in [7, 11) is 5.70. The van der Waals surface area contributed by atoms with E-state index in [0.717, 1.165) is 29.0 Å². The lowest BCUT2D eigenvalue weighted by Crippen LogP contribution is -2.43. The van der Waals surface area contributed by atoms with E-state index in [4.69, 9.17) is 14.2 Å². The standard InChI is InChI=1S/C18H18O6.C15H25NO2/c1-11-3-7-13(8-4-11)23-17(21)15(19)16(20)18(22)24-14-9-5-12(2)6-10-14;1-6-15(17,12(2)11-16(3)4)13-8-7-9-14(10-13)18-5/h3-10,15-16,19-20H,1-2H3;7-10,12,17H,6,11H2,1-5H3/t15-,16-;12-,15+/m01/s1. The van der Waals surface area contributed by atoms with Crippen LogP contribution in [0.5, 0.6) is 17.2 Å². The summed E-state index contributed by atoms with van der Waals surface area (Å²) < 4.78 is 15.1. The average Bonchev–Trinajstić information content (AvgIpc) is 2.98. The van der Waals surface area contributed by atoms with Gasteiger partial charge in [0, 0.05) is 12.5 Å². The molecule has 3 rings (SSSR count). The Balaban J connectivity index is 0.000000307. The summed E-state index contributed by atoms with van der Waals surface area (Å²) in [6, 6.07) is 20.8. The minimum atomic E-state index is -2.05. The SMILES string of the molecule is CC[C@@](O)(c1cccc(OC)c1)[C@H](C)CN(C)C.Cc1ccc(OC(=O)[C@@H](O)[C@H](O)C(=O)Oc2ccc(C)cc2)cc1. The van der Waals surface area contributed by atoms with Crippen LogP contribution in [0.15, 0.2) is 72.8 Å². The Morgan fingerprint density at radius 2 is 1.26 bits per heavy atom. The first-order valence-corrected chi connectivity index (χ1v) is 13.7. The van der Waals surface area contributed by atoms with E-state index < -0.39 is 29.7 Å². The van der Waals surface area contributed by atoms with Gasteiger partial charge in [-0.1, -0.05) is 61.4 Å². The van der Waals surface area contributed by atoms with E-state index >= 15 is 0 Å². The number of aliphatic hydroxyl groups excluding tert-OH is 2. The number of aliphatic hydroxyl groups is 3. The van der Waals surface area contributed by atoms with Gasteiger partial charge >= 0.3 is 11.9 Å². The summed E-state index contributed by atoms with van der Waals surface area (Å²) in [5.41, 5.74) is 2.06. The van der Waals surface area contributed by atoms with Crippen LogP contribution in [0, 0.1) is 19.8 Å². The van der Waals surface area contributed by atoms with Gasteiger partial charge in [0.1, 0.15) is 17.2 Å². The molecule has 0 saturated carbocycles. The van der Waals surface area contributed by atoms with Gasteiger partial charge in [0.15, 0.2) is 12.2 Å². The Labute approximate surface area is 248 Å². The summed E-state index contributed by atoms with van der Waals surface area (Å²) in [6.07, 6.45) is -3.41. The van der Waals surface area contributed by atoms with Gasteiger partial charge in [0.05, 0.1) is 12.7 Å². The molecule has 0 saturated heterocycles. The van der Waals surface area contributed by atoms with Crippen molar-refractivity contribution in [2.24, 2.45) is 5.92 Å².